The maximum atomic E-state index is 11.6. The quantitative estimate of drug-likeness (QED) is 0.719. The molecule has 0 amide bonds. The van der Waals surface area contributed by atoms with Gasteiger partial charge in [-0.15, -0.1) is 0 Å². The fourth-order valence-corrected chi connectivity index (χ4v) is 3.31. The van der Waals surface area contributed by atoms with Crippen molar-refractivity contribution in [3.8, 4) is 5.75 Å². The summed E-state index contributed by atoms with van der Waals surface area (Å²) in [5.41, 5.74) is 2.07. The van der Waals surface area contributed by atoms with Crippen LogP contribution in [0.25, 0.3) is 0 Å². The topological polar surface area (TPSA) is 43.4 Å². The summed E-state index contributed by atoms with van der Waals surface area (Å²) in [4.78, 5) is 0. The van der Waals surface area contributed by atoms with Crippen LogP contribution in [-0.2, 0) is 15.2 Å². The minimum atomic E-state index is -2.97. The lowest BCUT2D eigenvalue weighted by Gasteiger charge is -2.12. The number of ether oxygens (including phenoxy) is 1. The molecule has 3 nitrogen and oxygen atoms in total. The molecule has 0 fully saturated rings. The third-order valence-electron chi connectivity index (χ3n) is 2.59. The van der Waals surface area contributed by atoms with Gasteiger partial charge in [-0.2, -0.15) is 0 Å². The summed E-state index contributed by atoms with van der Waals surface area (Å²) in [5.74, 6) is 1.10. The number of rotatable bonds is 7. The molecule has 1 aromatic rings. The van der Waals surface area contributed by atoms with Crippen LogP contribution in [0, 0.1) is 6.92 Å². The van der Waals surface area contributed by atoms with Gasteiger partial charge in [0.25, 0.3) is 0 Å². The van der Waals surface area contributed by atoms with Gasteiger partial charge in [0.05, 0.1) is 11.5 Å². The van der Waals surface area contributed by atoms with E-state index in [2.05, 4.69) is 15.9 Å². The summed E-state index contributed by atoms with van der Waals surface area (Å²) in [6.07, 6.45) is 0.652. The molecule has 0 N–H and O–H groups in total. The molecular formula is C13H19BrO3S. The molecule has 1 rings (SSSR count). The van der Waals surface area contributed by atoms with Crippen LogP contribution in [0.5, 0.6) is 5.75 Å². The first-order valence-electron chi connectivity index (χ1n) is 5.98. The molecule has 0 radical (unpaired) electrons. The molecule has 0 aliphatic heterocycles. The first-order chi connectivity index (χ1) is 8.50. The van der Waals surface area contributed by atoms with Crippen LogP contribution in [0.4, 0.5) is 0 Å². The molecule has 102 valence electrons. The average Bonchev–Trinajstić information content (AvgIpc) is 2.30. The summed E-state index contributed by atoms with van der Waals surface area (Å²) in [6, 6.07) is 5.90. The van der Waals surface area contributed by atoms with E-state index in [4.69, 9.17) is 4.74 Å². The van der Waals surface area contributed by atoms with Crippen molar-refractivity contribution in [1.82, 2.24) is 0 Å². The van der Waals surface area contributed by atoms with E-state index in [0.717, 1.165) is 16.9 Å². The van der Waals surface area contributed by atoms with Gasteiger partial charge in [-0.25, -0.2) is 8.42 Å². The first kappa shape index (κ1) is 15.5. The first-order valence-corrected chi connectivity index (χ1v) is 8.92. The summed E-state index contributed by atoms with van der Waals surface area (Å²) < 4.78 is 28.8. The Balaban J connectivity index is 2.64. The number of alkyl halides is 1. The van der Waals surface area contributed by atoms with Crippen LogP contribution in [-0.4, -0.2) is 26.5 Å². The van der Waals surface area contributed by atoms with Crippen molar-refractivity contribution in [3.05, 3.63) is 29.3 Å². The zero-order chi connectivity index (χ0) is 13.6. The number of benzene rings is 1. The maximum absolute atomic E-state index is 11.6. The molecule has 0 aliphatic rings. The van der Waals surface area contributed by atoms with Gasteiger partial charge < -0.3 is 4.74 Å². The number of aryl methyl sites for hydroxylation is 1. The van der Waals surface area contributed by atoms with Crippen LogP contribution in [0.15, 0.2) is 18.2 Å². The lowest BCUT2D eigenvalue weighted by atomic mass is 10.1. The Morgan fingerprint density at radius 3 is 2.61 bits per heavy atom. The van der Waals surface area contributed by atoms with Gasteiger partial charge in [-0.1, -0.05) is 41.1 Å². The van der Waals surface area contributed by atoms with E-state index in [1.807, 2.05) is 32.0 Å². The second kappa shape index (κ2) is 7.14. The van der Waals surface area contributed by atoms with Crippen LogP contribution >= 0.6 is 15.9 Å². The van der Waals surface area contributed by atoms with E-state index in [-0.39, 0.29) is 18.1 Å². The molecule has 0 saturated carbocycles. The predicted octanol–water partition coefficient (Wildman–Crippen LogP) is 3.09. The van der Waals surface area contributed by atoms with Crippen molar-refractivity contribution in [2.45, 2.75) is 25.6 Å². The van der Waals surface area contributed by atoms with Gasteiger partial charge in [0.2, 0.25) is 0 Å². The molecule has 0 unspecified atom stereocenters. The van der Waals surface area contributed by atoms with Crippen molar-refractivity contribution in [2.24, 2.45) is 0 Å². The van der Waals surface area contributed by atoms with Gasteiger partial charge in [-0.05, 0) is 18.9 Å². The Labute approximate surface area is 118 Å². The number of hydrogen-bond donors (Lipinski definition) is 0. The summed E-state index contributed by atoms with van der Waals surface area (Å²) in [7, 11) is -2.97. The smallest absolute Gasteiger partial charge is 0.153 e. The lowest BCUT2D eigenvalue weighted by molar-refractivity contribution is 0.336. The van der Waals surface area contributed by atoms with E-state index in [1.165, 1.54) is 0 Å². The lowest BCUT2D eigenvalue weighted by Crippen LogP contribution is -2.17. The Morgan fingerprint density at radius 2 is 2.00 bits per heavy atom. The predicted molar refractivity (Wildman–Crippen MR) is 78.2 cm³/mol. The van der Waals surface area contributed by atoms with Gasteiger partial charge in [0, 0.05) is 10.9 Å². The molecular weight excluding hydrogens is 316 g/mol. The standard InChI is InChI=1S/C13H19BrO3S/c1-3-8-18(15,16)9-7-17-13-11(2)5-4-6-12(13)10-14/h4-6H,3,7-10H2,1-2H3. The molecule has 18 heavy (non-hydrogen) atoms. The van der Waals surface area contributed by atoms with E-state index >= 15 is 0 Å². The van der Waals surface area contributed by atoms with Crippen molar-refractivity contribution in [3.63, 3.8) is 0 Å². The van der Waals surface area contributed by atoms with Gasteiger partial charge >= 0.3 is 0 Å². The molecule has 0 aliphatic carbocycles. The Bertz CT molecular complexity index is 483. The molecule has 1 aromatic carbocycles. The second-order valence-electron chi connectivity index (χ2n) is 4.20. The van der Waals surface area contributed by atoms with E-state index in [1.54, 1.807) is 0 Å². The monoisotopic (exact) mass is 334 g/mol. The van der Waals surface area contributed by atoms with Crippen LogP contribution in [0.2, 0.25) is 0 Å². The molecule has 0 atom stereocenters. The normalized spacial score (nSPS) is 11.5. The number of sulfone groups is 1. The largest absolute Gasteiger partial charge is 0.492 e. The van der Waals surface area contributed by atoms with E-state index < -0.39 is 9.84 Å². The molecule has 5 heteroatoms. The minimum Gasteiger partial charge on any atom is -0.492 e. The zero-order valence-electron chi connectivity index (χ0n) is 10.8. The molecule has 0 bridgehead atoms. The number of hydrogen-bond acceptors (Lipinski definition) is 3. The Morgan fingerprint density at radius 1 is 1.28 bits per heavy atom. The van der Waals surface area contributed by atoms with Gasteiger partial charge in [0.1, 0.15) is 12.4 Å². The minimum absolute atomic E-state index is 0.0803. The number of halogens is 1. The van der Waals surface area contributed by atoms with Crippen molar-refractivity contribution in [1.29, 1.82) is 0 Å². The second-order valence-corrected chi connectivity index (χ2v) is 7.06. The van der Waals surface area contributed by atoms with Crippen molar-refractivity contribution in [2.75, 3.05) is 18.1 Å². The Hall–Kier alpha value is -0.550. The summed E-state index contributed by atoms with van der Waals surface area (Å²) in [5, 5.41) is 0.700. The highest BCUT2D eigenvalue weighted by Crippen LogP contribution is 2.25. The van der Waals surface area contributed by atoms with Crippen LogP contribution < -0.4 is 4.74 Å². The van der Waals surface area contributed by atoms with E-state index in [0.29, 0.717) is 11.8 Å². The third kappa shape index (κ3) is 4.61. The van der Waals surface area contributed by atoms with E-state index in [9.17, 15) is 8.42 Å². The maximum Gasteiger partial charge on any atom is 0.153 e. The highest BCUT2D eigenvalue weighted by Gasteiger charge is 2.11. The zero-order valence-corrected chi connectivity index (χ0v) is 13.2. The SMILES string of the molecule is CCCS(=O)(=O)CCOc1c(C)cccc1CBr. The van der Waals surface area contributed by atoms with Gasteiger partial charge in [-0.3, -0.25) is 0 Å². The van der Waals surface area contributed by atoms with Crippen molar-refractivity contribution < 1.29 is 13.2 Å². The average molecular weight is 335 g/mol. The Kier molecular flexibility index (Phi) is 6.15. The molecule has 0 heterocycles. The highest BCUT2D eigenvalue weighted by molar-refractivity contribution is 9.08. The highest BCUT2D eigenvalue weighted by atomic mass is 79.9. The molecule has 0 spiro atoms. The number of para-hydroxylation sites is 1. The fraction of sp³-hybridized carbons (Fsp3) is 0.538. The third-order valence-corrected chi connectivity index (χ3v) is 5.02. The van der Waals surface area contributed by atoms with Crippen molar-refractivity contribution >= 4 is 25.8 Å². The summed E-state index contributed by atoms with van der Waals surface area (Å²) in [6.45, 7) is 4.04. The van der Waals surface area contributed by atoms with Crippen LogP contribution in [0.3, 0.4) is 0 Å². The molecule has 0 aromatic heterocycles. The van der Waals surface area contributed by atoms with Gasteiger partial charge in [0.15, 0.2) is 9.84 Å². The molecule has 0 saturated heterocycles. The summed E-state index contributed by atoms with van der Waals surface area (Å²) >= 11 is 3.40. The fourth-order valence-electron chi connectivity index (χ4n) is 1.71. The van der Waals surface area contributed by atoms with Crippen LogP contribution in [0.1, 0.15) is 24.5 Å².